The molecular formula is C18H10F3N3. The van der Waals surface area contributed by atoms with E-state index in [9.17, 15) is 18.4 Å². The van der Waals surface area contributed by atoms with Crippen LogP contribution in [-0.4, -0.2) is 4.98 Å². The molecule has 0 fully saturated rings. The Morgan fingerprint density at radius 2 is 1.54 bits per heavy atom. The number of nitrogens with zero attached hydrogens (tertiary/aromatic N) is 2. The molecule has 24 heavy (non-hydrogen) atoms. The van der Waals surface area contributed by atoms with Crippen LogP contribution in [0.1, 0.15) is 5.56 Å². The number of anilines is 1. The highest BCUT2D eigenvalue weighted by Crippen LogP contribution is 2.31. The van der Waals surface area contributed by atoms with Gasteiger partial charge in [-0.05, 0) is 48.0 Å². The zero-order valence-electron chi connectivity index (χ0n) is 12.2. The van der Waals surface area contributed by atoms with E-state index in [4.69, 9.17) is 5.73 Å². The number of hydrogen-bond acceptors (Lipinski definition) is 3. The third-order valence-corrected chi connectivity index (χ3v) is 3.53. The number of aromatic nitrogens is 1. The Morgan fingerprint density at radius 3 is 2.17 bits per heavy atom. The molecule has 3 aromatic rings. The van der Waals surface area contributed by atoms with Gasteiger partial charge < -0.3 is 5.73 Å². The average Bonchev–Trinajstić information content (AvgIpc) is 2.57. The summed E-state index contributed by atoms with van der Waals surface area (Å²) in [5.74, 6) is -2.46. The van der Waals surface area contributed by atoms with Gasteiger partial charge >= 0.3 is 0 Å². The summed E-state index contributed by atoms with van der Waals surface area (Å²) in [5.41, 5.74) is 7.48. The maximum atomic E-state index is 13.5. The van der Waals surface area contributed by atoms with Crippen LogP contribution in [0.15, 0.2) is 48.5 Å². The van der Waals surface area contributed by atoms with Gasteiger partial charge in [0.15, 0.2) is 11.6 Å². The van der Waals surface area contributed by atoms with Gasteiger partial charge in [-0.3, -0.25) is 0 Å². The van der Waals surface area contributed by atoms with Gasteiger partial charge in [0.2, 0.25) is 0 Å². The summed E-state index contributed by atoms with van der Waals surface area (Å²) in [6.45, 7) is 0. The predicted molar refractivity (Wildman–Crippen MR) is 84.1 cm³/mol. The van der Waals surface area contributed by atoms with Crippen LogP contribution < -0.4 is 5.73 Å². The van der Waals surface area contributed by atoms with Gasteiger partial charge in [-0.2, -0.15) is 5.26 Å². The van der Waals surface area contributed by atoms with Crippen molar-refractivity contribution in [3.63, 3.8) is 0 Å². The number of hydrogen-bond donors (Lipinski definition) is 1. The summed E-state index contributed by atoms with van der Waals surface area (Å²) in [5, 5.41) is 9.29. The maximum Gasteiger partial charge on any atom is 0.159 e. The summed E-state index contributed by atoms with van der Waals surface area (Å²) >= 11 is 0. The Bertz CT molecular complexity index is 960. The van der Waals surface area contributed by atoms with Crippen LogP contribution in [0.5, 0.6) is 0 Å². The molecule has 0 amide bonds. The molecular weight excluding hydrogens is 315 g/mol. The molecule has 0 bridgehead atoms. The second-order valence-corrected chi connectivity index (χ2v) is 5.06. The molecule has 3 nitrogen and oxygen atoms in total. The van der Waals surface area contributed by atoms with Crippen LogP contribution >= 0.6 is 0 Å². The molecule has 0 saturated carbocycles. The van der Waals surface area contributed by atoms with E-state index in [1.807, 2.05) is 6.07 Å². The number of rotatable bonds is 2. The van der Waals surface area contributed by atoms with Crippen molar-refractivity contribution in [2.75, 3.05) is 5.73 Å². The highest BCUT2D eigenvalue weighted by atomic mass is 19.2. The van der Waals surface area contributed by atoms with E-state index < -0.39 is 17.5 Å². The summed E-state index contributed by atoms with van der Waals surface area (Å²) in [6, 6.07) is 12.3. The molecule has 0 atom stereocenters. The first-order chi connectivity index (χ1) is 11.5. The van der Waals surface area contributed by atoms with Gasteiger partial charge in [0.1, 0.15) is 23.3 Å². The molecule has 1 aromatic heterocycles. The van der Waals surface area contributed by atoms with E-state index in [2.05, 4.69) is 4.98 Å². The van der Waals surface area contributed by atoms with Gasteiger partial charge in [-0.1, -0.05) is 6.07 Å². The molecule has 0 radical (unpaired) electrons. The first-order valence-electron chi connectivity index (χ1n) is 6.91. The van der Waals surface area contributed by atoms with Crippen LogP contribution in [0.25, 0.3) is 22.4 Å². The van der Waals surface area contributed by atoms with Crippen molar-refractivity contribution in [1.29, 1.82) is 5.26 Å². The normalized spacial score (nSPS) is 10.4. The van der Waals surface area contributed by atoms with Crippen LogP contribution in [-0.2, 0) is 0 Å². The number of nitrogens with two attached hydrogens (primary N) is 1. The smallest absolute Gasteiger partial charge is 0.159 e. The lowest BCUT2D eigenvalue weighted by Crippen LogP contribution is -2.00. The Morgan fingerprint density at radius 1 is 0.875 bits per heavy atom. The Balaban J connectivity index is 2.22. The topological polar surface area (TPSA) is 62.7 Å². The highest BCUT2D eigenvalue weighted by molar-refractivity contribution is 5.80. The molecule has 0 unspecified atom stereocenters. The largest absolute Gasteiger partial charge is 0.383 e. The Labute approximate surface area is 135 Å². The lowest BCUT2D eigenvalue weighted by Gasteiger charge is -2.10. The summed E-state index contributed by atoms with van der Waals surface area (Å²) in [4.78, 5) is 4.14. The van der Waals surface area contributed by atoms with E-state index >= 15 is 0 Å². The minimum absolute atomic E-state index is 0.0425. The van der Waals surface area contributed by atoms with Gasteiger partial charge in [-0.15, -0.1) is 0 Å². The molecule has 3 rings (SSSR count). The SMILES string of the molecule is N#Cc1c(-c2ccc(F)c(F)c2)cc(-c2ccc(F)cc2)nc1N. The van der Waals surface area contributed by atoms with Crippen molar-refractivity contribution in [1.82, 2.24) is 4.98 Å². The number of pyridine rings is 1. The van der Waals surface area contributed by atoms with Gasteiger partial charge in [0.25, 0.3) is 0 Å². The fourth-order valence-electron chi connectivity index (χ4n) is 2.34. The number of halogens is 3. The minimum atomic E-state index is -1.03. The number of nitriles is 1. The minimum Gasteiger partial charge on any atom is -0.383 e. The molecule has 2 aromatic carbocycles. The fourth-order valence-corrected chi connectivity index (χ4v) is 2.34. The summed E-state index contributed by atoms with van der Waals surface area (Å²) in [7, 11) is 0. The van der Waals surface area contributed by atoms with E-state index in [0.29, 0.717) is 22.4 Å². The third-order valence-electron chi connectivity index (χ3n) is 3.53. The van der Waals surface area contributed by atoms with Gasteiger partial charge in [-0.25, -0.2) is 18.2 Å². The van der Waals surface area contributed by atoms with Crippen molar-refractivity contribution >= 4 is 5.82 Å². The first kappa shape index (κ1) is 15.6. The van der Waals surface area contributed by atoms with E-state index in [1.54, 1.807) is 0 Å². The lowest BCUT2D eigenvalue weighted by atomic mass is 9.98. The molecule has 118 valence electrons. The van der Waals surface area contributed by atoms with Gasteiger partial charge in [0, 0.05) is 11.1 Å². The summed E-state index contributed by atoms with van der Waals surface area (Å²) < 4.78 is 39.7. The number of nitrogen functional groups attached to an aromatic ring is 1. The van der Waals surface area contributed by atoms with Gasteiger partial charge in [0.05, 0.1) is 5.69 Å². The summed E-state index contributed by atoms with van der Waals surface area (Å²) in [6.07, 6.45) is 0. The number of benzene rings is 2. The maximum absolute atomic E-state index is 13.5. The quantitative estimate of drug-likeness (QED) is 0.764. The Kier molecular flexibility index (Phi) is 3.92. The second kappa shape index (κ2) is 6.05. The highest BCUT2D eigenvalue weighted by Gasteiger charge is 2.15. The molecule has 0 aliphatic carbocycles. The van der Waals surface area contributed by atoms with Crippen LogP contribution in [0, 0.1) is 28.8 Å². The van der Waals surface area contributed by atoms with Crippen molar-refractivity contribution in [3.05, 3.63) is 71.5 Å². The van der Waals surface area contributed by atoms with Crippen molar-refractivity contribution < 1.29 is 13.2 Å². The van der Waals surface area contributed by atoms with E-state index in [0.717, 1.165) is 12.1 Å². The standard InChI is InChI=1S/C18H10F3N3/c19-12-4-1-10(2-5-12)17-8-13(14(9-22)18(23)24-17)11-3-6-15(20)16(21)7-11/h1-8H,(H2,23,24). The monoisotopic (exact) mass is 325 g/mol. The molecule has 0 spiro atoms. The van der Waals surface area contributed by atoms with E-state index in [1.165, 1.54) is 36.4 Å². The Hall–Kier alpha value is -3.33. The average molecular weight is 325 g/mol. The van der Waals surface area contributed by atoms with Crippen molar-refractivity contribution in [2.24, 2.45) is 0 Å². The first-order valence-corrected chi connectivity index (χ1v) is 6.91. The van der Waals surface area contributed by atoms with Crippen molar-refractivity contribution in [2.45, 2.75) is 0 Å². The molecule has 1 heterocycles. The van der Waals surface area contributed by atoms with Crippen LogP contribution in [0.3, 0.4) is 0 Å². The molecule has 6 heteroatoms. The molecule has 0 aliphatic heterocycles. The third kappa shape index (κ3) is 2.79. The predicted octanol–water partition coefficient (Wildman–Crippen LogP) is 4.29. The van der Waals surface area contributed by atoms with E-state index in [-0.39, 0.29) is 11.4 Å². The molecule has 2 N–H and O–H groups in total. The molecule has 0 saturated heterocycles. The lowest BCUT2D eigenvalue weighted by molar-refractivity contribution is 0.509. The van der Waals surface area contributed by atoms with Crippen LogP contribution in [0.2, 0.25) is 0 Å². The molecule has 0 aliphatic rings. The van der Waals surface area contributed by atoms with Crippen LogP contribution in [0.4, 0.5) is 19.0 Å². The zero-order chi connectivity index (χ0) is 17.3. The fraction of sp³-hybridized carbons (Fsp3) is 0. The second-order valence-electron chi connectivity index (χ2n) is 5.06. The zero-order valence-corrected chi connectivity index (χ0v) is 12.2. The van der Waals surface area contributed by atoms with Crippen molar-refractivity contribution in [3.8, 4) is 28.5 Å².